The fourth-order valence-electron chi connectivity index (χ4n) is 1.23. The van der Waals surface area contributed by atoms with E-state index in [-0.39, 0.29) is 19.1 Å². The Morgan fingerprint density at radius 2 is 1.75 bits per heavy atom. The second kappa shape index (κ2) is 7.72. The summed E-state index contributed by atoms with van der Waals surface area (Å²) < 4.78 is 9.63. The van der Waals surface area contributed by atoms with Crippen molar-refractivity contribution in [1.29, 1.82) is 0 Å². The highest BCUT2D eigenvalue weighted by Crippen LogP contribution is 2.11. The SMILES string of the molecule is COC(=O)CNC(=O)CN(C(=O)OC(C)(C)C)C(C)C. The molecule has 0 aliphatic heterocycles. The minimum Gasteiger partial charge on any atom is -0.468 e. The zero-order valence-corrected chi connectivity index (χ0v) is 13.0. The molecule has 0 saturated carbocycles. The van der Waals surface area contributed by atoms with Crippen molar-refractivity contribution in [2.75, 3.05) is 20.2 Å². The summed E-state index contributed by atoms with van der Waals surface area (Å²) in [6, 6.07) is -0.200. The number of ether oxygens (including phenoxy) is 2. The number of carbonyl (C=O) groups is 3. The van der Waals surface area contributed by atoms with Gasteiger partial charge in [-0.1, -0.05) is 0 Å². The van der Waals surface area contributed by atoms with Gasteiger partial charge >= 0.3 is 12.1 Å². The van der Waals surface area contributed by atoms with Crippen molar-refractivity contribution < 1.29 is 23.9 Å². The van der Waals surface area contributed by atoms with Gasteiger partial charge in [-0.3, -0.25) is 14.5 Å². The van der Waals surface area contributed by atoms with E-state index < -0.39 is 23.6 Å². The van der Waals surface area contributed by atoms with Crippen molar-refractivity contribution in [1.82, 2.24) is 10.2 Å². The van der Waals surface area contributed by atoms with Gasteiger partial charge < -0.3 is 14.8 Å². The number of esters is 1. The van der Waals surface area contributed by atoms with Gasteiger partial charge in [0.15, 0.2) is 0 Å². The van der Waals surface area contributed by atoms with E-state index in [4.69, 9.17) is 4.74 Å². The summed E-state index contributed by atoms with van der Waals surface area (Å²) in [5.41, 5.74) is -0.632. The summed E-state index contributed by atoms with van der Waals surface area (Å²) in [5, 5.41) is 2.37. The van der Waals surface area contributed by atoms with Crippen molar-refractivity contribution in [2.24, 2.45) is 0 Å². The van der Waals surface area contributed by atoms with Crippen LogP contribution in [0.3, 0.4) is 0 Å². The summed E-state index contributed by atoms with van der Waals surface area (Å²) in [6.07, 6.45) is -0.569. The van der Waals surface area contributed by atoms with Crippen molar-refractivity contribution in [3.05, 3.63) is 0 Å². The summed E-state index contributed by atoms with van der Waals surface area (Å²) in [4.78, 5) is 35.8. The number of hydrogen-bond donors (Lipinski definition) is 1. The average Bonchev–Trinajstić information content (AvgIpc) is 2.30. The maximum Gasteiger partial charge on any atom is 0.410 e. The quantitative estimate of drug-likeness (QED) is 0.760. The van der Waals surface area contributed by atoms with Crippen LogP contribution in [0.25, 0.3) is 0 Å². The van der Waals surface area contributed by atoms with E-state index in [0.29, 0.717) is 0 Å². The first-order valence-electron chi connectivity index (χ1n) is 6.40. The van der Waals surface area contributed by atoms with Crippen molar-refractivity contribution >= 4 is 18.0 Å². The summed E-state index contributed by atoms with van der Waals surface area (Å²) in [6.45, 7) is 8.40. The van der Waals surface area contributed by atoms with Gasteiger partial charge in [0.1, 0.15) is 18.7 Å². The van der Waals surface area contributed by atoms with Crippen molar-refractivity contribution in [3.63, 3.8) is 0 Å². The molecule has 7 nitrogen and oxygen atoms in total. The van der Waals surface area contributed by atoms with Crippen LogP contribution in [-0.4, -0.2) is 54.7 Å². The molecule has 0 fully saturated rings. The third kappa shape index (κ3) is 7.60. The molecule has 116 valence electrons. The van der Waals surface area contributed by atoms with Crippen LogP contribution in [0.4, 0.5) is 4.79 Å². The first-order valence-corrected chi connectivity index (χ1v) is 6.40. The molecule has 20 heavy (non-hydrogen) atoms. The fourth-order valence-corrected chi connectivity index (χ4v) is 1.23. The highest BCUT2D eigenvalue weighted by atomic mass is 16.6. The highest BCUT2D eigenvalue weighted by Gasteiger charge is 2.25. The molecule has 0 aromatic carbocycles. The predicted molar refractivity (Wildman–Crippen MR) is 73.1 cm³/mol. The number of nitrogens with one attached hydrogen (secondary N) is 1. The van der Waals surface area contributed by atoms with E-state index in [0.717, 1.165) is 0 Å². The largest absolute Gasteiger partial charge is 0.468 e. The summed E-state index contributed by atoms with van der Waals surface area (Å²) in [5.74, 6) is -0.998. The Balaban J connectivity index is 4.51. The first kappa shape index (κ1) is 18.2. The molecule has 0 spiro atoms. The lowest BCUT2D eigenvalue weighted by Gasteiger charge is -2.29. The highest BCUT2D eigenvalue weighted by molar-refractivity contribution is 5.85. The molecule has 0 bridgehead atoms. The van der Waals surface area contributed by atoms with E-state index in [2.05, 4.69) is 10.1 Å². The number of methoxy groups -OCH3 is 1. The molecule has 0 atom stereocenters. The average molecular weight is 288 g/mol. The predicted octanol–water partition coefficient (Wildman–Crippen LogP) is 0.921. The molecule has 0 aliphatic carbocycles. The molecule has 0 aliphatic rings. The smallest absolute Gasteiger partial charge is 0.410 e. The van der Waals surface area contributed by atoms with E-state index in [9.17, 15) is 14.4 Å². The lowest BCUT2D eigenvalue weighted by molar-refractivity contribution is -0.141. The van der Waals surface area contributed by atoms with Crippen LogP contribution in [0.1, 0.15) is 34.6 Å². The van der Waals surface area contributed by atoms with Gasteiger partial charge in [0.25, 0.3) is 0 Å². The van der Waals surface area contributed by atoms with Crippen LogP contribution in [0, 0.1) is 0 Å². The monoisotopic (exact) mass is 288 g/mol. The van der Waals surface area contributed by atoms with Crippen LogP contribution >= 0.6 is 0 Å². The maximum atomic E-state index is 12.0. The van der Waals surface area contributed by atoms with Crippen molar-refractivity contribution in [3.8, 4) is 0 Å². The number of hydrogen-bond acceptors (Lipinski definition) is 5. The van der Waals surface area contributed by atoms with Gasteiger partial charge in [-0.05, 0) is 34.6 Å². The second-order valence-electron chi connectivity index (χ2n) is 5.55. The summed E-state index contributed by atoms with van der Waals surface area (Å²) in [7, 11) is 1.23. The molecule has 0 aromatic rings. The van der Waals surface area contributed by atoms with Crippen LogP contribution in [0.15, 0.2) is 0 Å². The molecule has 0 radical (unpaired) electrons. The van der Waals surface area contributed by atoms with Gasteiger partial charge in [0, 0.05) is 6.04 Å². The van der Waals surface area contributed by atoms with Crippen LogP contribution < -0.4 is 5.32 Å². The standard InChI is InChI=1S/C13H24N2O5/c1-9(2)15(12(18)20-13(3,4)5)8-10(16)14-7-11(17)19-6/h9H,7-8H2,1-6H3,(H,14,16). The Labute approximate surface area is 119 Å². The molecular formula is C13H24N2O5. The number of rotatable bonds is 5. The molecule has 0 unspecified atom stereocenters. The second-order valence-corrected chi connectivity index (χ2v) is 5.55. The van der Waals surface area contributed by atoms with E-state index in [1.807, 2.05) is 0 Å². The van der Waals surface area contributed by atoms with Gasteiger partial charge in [0.05, 0.1) is 7.11 Å². The minimum atomic E-state index is -0.632. The Morgan fingerprint density at radius 1 is 1.20 bits per heavy atom. The molecular weight excluding hydrogens is 264 g/mol. The fraction of sp³-hybridized carbons (Fsp3) is 0.769. The molecule has 0 saturated heterocycles. The number of nitrogens with zero attached hydrogens (tertiary/aromatic N) is 1. The zero-order valence-electron chi connectivity index (χ0n) is 13.0. The van der Waals surface area contributed by atoms with Crippen LogP contribution in [0.2, 0.25) is 0 Å². The molecule has 0 rings (SSSR count). The minimum absolute atomic E-state index is 0.177. The third-order valence-corrected chi connectivity index (χ3v) is 2.22. The van der Waals surface area contributed by atoms with Crippen molar-refractivity contribution in [2.45, 2.75) is 46.3 Å². The Morgan fingerprint density at radius 3 is 2.15 bits per heavy atom. The van der Waals surface area contributed by atoms with E-state index in [1.54, 1.807) is 34.6 Å². The Bertz CT molecular complexity index is 360. The number of carbonyl (C=O) groups excluding carboxylic acids is 3. The van der Waals surface area contributed by atoms with Crippen LogP contribution in [-0.2, 0) is 19.1 Å². The summed E-state index contributed by atoms with van der Waals surface area (Å²) >= 11 is 0. The van der Waals surface area contributed by atoms with E-state index in [1.165, 1.54) is 12.0 Å². The van der Waals surface area contributed by atoms with Gasteiger partial charge in [-0.25, -0.2) is 4.79 Å². The zero-order chi connectivity index (χ0) is 15.9. The topological polar surface area (TPSA) is 84.9 Å². The maximum absolute atomic E-state index is 12.0. The Kier molecular flexibility index (Phi) is 7.02. The normalized spacial score (nSPS) is 10.9. The van der Waals surface area contributed by atoms with Crippen LogP contribution in [0.5, 0.6) is 0 Å². The lowest BCUT2D eigenvalue weighted by Crippen LogP contribution is -2.47. The van der Waals surface area contributed by atoms with Gasteiger partial charge in [0.2, 0.25) is 5.91 Å². The molecule has 0 aromatic heterocycles. The molecule has 1 N–H and O–H groups in total. The lowest BCUT2D eigenvalue weighted by atomic mass is 10.2. The van der Waals surface area contributed by atoms with E-state index >= 15 is 0 Å². The number of amides is 2. The molecule has 7 heteroatoms. The third-order valence-electron chi connectivity index (χ3n) is 2.22. The molecule has 2 amide bonds. The first-order chi connectivity index (χ1) is 9.06. The Hall–Kier alpha value is -1.79. The van der Waals surface area contributed by atoms with Gasteiger partial charge in [-0.2, -0.15) is 0 Å². The van der Waals surface area contributed by atoms with Gasteiger partial charge in [-0.15, -0.1) is 0 Å². The molecule has 0 heterocycles.